The third kappa shape index (κ3) is 3.78. The van der Waals surface area contributed by atoms with E-state index in [1.165, 1.54) is 0 Å². The third-order valence-corrected chi connectivity index (χ3v) is 5.40. The molecule has 4 rings (SSSR count). The fraction of sp³-hybridized carbons (Fsp3) is 0.318. The van der Waals surface area contributed by atoms with Gasteiger partial charge >= 0.3 is 0 Å². The minimum Gasteiger partial charge on any atom is -0.381 e. The number of anilines is 1. The standard InChI is InChI=1S/C22H23F2N3O/c1-14-4-5-16(21(24)20(14)23)12-27-10-2-3-18(13-27)26-17-6-7-19-15(11-17)8-9-25-22(19)28/h4-9,11,18,26H,2-3,10,12-13H2,1H3,(H,25,28)/t18-/m1/s1. The molecule has 1 aromatic heterocycles. The van der Waals surface area contributed by atoms with Gasteiger partial charge in [0.05, 0.1) is 0 Å². The molecule has 1 aliphatic heterocycles. The van der Waals surface area contributed by atoms with E-state index < -0.39 is 11.6 Å². The van der Waals surface area contributed by atoms with Crippen LogP contribution in [0.25, 0.3) is 10.8 Å². The van der Waals surface area contributed by atoms with Crippen molar-refractivity contribution in [1.29, 1.82) is 0 Å². The molecule has 3 aromatic rings. The summed E-state index contributed by atoms with van der Waals surface area (Å²) in [6.07, 6.45) is 3.64. The topological polar surface area (TPSA) is 48.1 Å². The summed E-state index contributed by atoms with van der Waals surface area (Å²) in [7, 11) is 0. The Bertz CT molecular complexity index is 1060. The first kappa shape index (κ1) is 18.6. The predicted molar refractivity (Wildman–Crippen MR) is 108 cm³/mol. The van der Waals surface area contributed by atoms with E-state index in [1.54, 1.807) is 25.3 Å². The van der Waals surface area contributed by atoms with Gasteiger partial charge in [0, 0.05) is 42.0 Å². The van der Waals surface area contributed by atoms with Gasteiger partial charge < -0.3 is 10.3 Å². The molecule has 1 atom stereocenters. The smallest absolute Gasteiger partial charge is 0.255 e. The van der Waals surface area contributed by atoms with E-state index in [0.717, 1.165) is 37.0 Å². The molecule has 28 heavy (non-hydrogen) atoms. The molecule has 2 N–H and O–H groups in total. The number of nitrogens with one attached hydrogen (secondary N) is 2. The Morgan fingerprint density at radius 1 is 1.18 bits per heavy atom. The number of likely N-dealkylation sites (tertiary alicyclic amines) is 1. The first-order chi connectivity index (χ1) is 13.5. The average Bonchev–Trinajstić information content (AvgIpc) is 2.69. The fourth-order valence-electron chi connectivity index (χ4n) is 3.88. The summed E-state index contributed by atoms with van der Waals surface area (Å²) >= 11 is 0. The van der Waals surface area contributed by atoms with Crippen LogP contribution >= 0.6 is 0 Å². The number of hydrogen-bond donors (Lipinski definition) is 2. The van der Waals surface area contributed by atoms with Crippen LogP contribution in [-0.2, 0) is 6.54 Å². The predicted octanol–water partition coefficient (Wildman–Crippen LogP) is 4.19. The highest BCUT2D eigenvalue weighted by Gasteiger charge is 2.22. The number of rotatable bonds is 4. The maximum absolute atomic E-state index is 14.2. The van der Waals surface area contributed by atoms with E-state index in [2.05, 4.69) is 15.2 Å². The number of aromatic amines is 1. The van der Waals surface area contributed by atoms with Gasteiger partial charge in [-0.25, -0.2) is 8.78 Å². The molecule has 6 heteroatoms. The fourth-order valence-corrected chi connectivity index (χ4v) is 3.88. The molecule has 4 nitrogen and oxygen atoms in total. The molecule has 1 fully saturated rings. The Hall–Kier alpha value is -2.73. The second-order valence-electron chi connectivity index (χ2n) is 7.50. The number of nitrogens with zero attached hydrogens (tertiary/aromatic N) is 1. The number of fused-ring (bicyclic) bond motifs is 1. The van der Waals surface area contributed by atoms with E-state index in [1.807, 2.05) is 24.3 Å². The lowest BCUT2D eigenvalue weighted by Crippen LogP contribution is -2.41. The Morgan fingerprint density at radius 2 is 2.04 bits per heavy atom. The van der Waals surface area contributed by atoms with Gasteiger partial charge in [-0.1, -0.05) is 12.1 Å². The largest absolute Gasteiger partial charge is 0.381 e. The molecular weight excluding hydrogens is 360 g/mol. The molecule has 0 spiro atoms. The zero-order chi connectivity index (χ0) is 19.7. The Labute approximate surface area is 162 Å². The minimum absolute atomic E-state index is 0.0970. The van der Waals surface area contributed by atoms with Crippen molar-refractivity contribution in [2.24, 2.45) is 0 Å². The van der Waals surface area contributed by atoms with Gasteiger partial charge in [0.2, 0.25) is 0 Å². The first-order valence-electron chi connectivity index (χ1n) is 9.55. The molecule has 0 saturated carbocycles. The summed E-state index contributed by atoms with van der Waals surface area (Å²) in [6, 6.07) is 11.1. The van der Waals surface area contributed by atoms with E-state index in [-0.39, 0.29) is 11.6 Å². The summed E-state index contributed by atoms with van der Waals surface area (Å²) in [6.45, 7) is 3.58. The minimum atomic E-state index is -0.754. The molecule has 0 aliphatic carbocycles. The van der Waals surface area contributed by atoms with Crippen LogP contribution in [0.1, 0.15) is 24.0 Å². The lowest BCUT2D eigenvalue weighted by Gasteiger charge is -2.33. The van der Waals surface area contributed by atoms with Gasteiger partial charge in [-0.05, 0) is 61.5 Å². The SMILES string of the molecule is Cc1ccc(CN2CCC[C@@H](Nc3ccc4c(=O)[nH]ccc4c3)C2)c(F)c1F. The maximum atomic E-state index is 14.2. The normalized spacial score (nSPS) is 17.8. The lowest BCUT2D eigenvalue weighted by molar-refractivity contribution is 0.205. The van der Waals surface area contributed by atoms with Crippen molar-refractivity contribution < 1.29 is 8.78 Å². The summed E-state index contributed by atoms with van der Waals surface area (Å²) in [5.74, 6) is -1.50. The van der Waals surface area contributed by atoms with Crippen LogP contribution in [0.15, 0.2) is 47.4 Å². The number of pyridine rings is 1. The number of hydrogen-bond acceptors (Lipinski definition) is 3. The van der Waals surface area contributed by atoms with Crippen molar-refractivity contribution in [3.63, 3.8) is 0 Å². The van der Waals surface area contributed by atoms with Crippen LogP contribution in [0.2, 0.25) is 0 Å². The molecule has 0 radical (unpaired) electrons. The van der Waals surface area contributed by atoms with E-state index >= 15 is 0 Å². The zero-order valence-electron chi connectivity index (χ0n) is 15.8. The van der Waals surface area contributed by atoms with Crippen LogP contribution in [0, 0.1) is 18.6 Å². The van der Waals surface area contributed by atoms with E-state index in [4.69, 9.17) is 0 Å². The Kier molecular flexibility index (Phi) is 5.13. The molecule has 2 aromatic carbocycles. The Morgan fingerprint density at radius 3 is 2.89 bits per heavy atom. The van der Waals surface area contributed by atoms with Gasteiger partial charge in [0.1, 0.15) is 0 Å². The van der Waals surface area contributed by atoms with Crippen LogP contribution < -0.4 is 10.9 Å². The third-order valence-electron chi connectivity index (χ3n) is 5.40. The van der Waals surface area contributed by atoms with Crippen molar-refractivity contribution in [1.82, 2.24) is 9.88 Å². The van der Waals surface area contributed by atoms with Crippen LogP contribution in [-0.4, -0.2) is 29.0 Å². The molecule has 1 saturated heterocycles. The molecular formula is C22H23F2N3O. The molecule has 0 bridgehead atoms. The number of piperidine rings is 1. The highest BCUT2D eigenvalue weighted by Crippen LogP contribution is 2.22. The Balaban J connectivity index is 1.46. The van der Waals surface area contributed by atoms with Crippen molar-refractivity contribution in [3.8, 4) is 0 Å². The first-order valence-corrected chi connectivity index (χ1v) is 9.55. The molecule has 146 valence electrons. The monoisotopic (exact) mass is 383 g/mol. The number of aryl methyl sites for hydroxylation is 1. The van der Waals surface area contributed by atoms with Crippen LogP contribution in [0.4, 0.5) is 14.5 Å². The van der Waals surface area contributed by atoms with E-state index in [0.29, 0.717) is 23.1 Å². The maximum Gasteiger partial charge on any atom is 0.255 e. The average molecular weight is 383 g/mol. The summed E-state index contributed by atoms with van der Waals surface area (Å²) in [5.41, 5.74) is 1.58. The lowest BCUT2D eigenvalue weighted by atomic mass is 10.0. The molecule has 2 heterocycles. The summed E-state index contributed by atoms with van der Waals surface area (Å²) < 4.78 is 28.0. The number of halogens is 2. The van der Waals surface area contributed by atoms with Crippen molar-refractivity contribution in [3.05, 3.63) is 75.7 Å². The van der Waals surface area contributed by atoms with Crippen molar-refractivity contribution in [2.45, 2.75) is 32.4 Å². The number of aromatic nitrogens is 1. The van der Waals surface area contributed by atoms with Gasteiger partial charge in [0.25, 0.3) is 5.56 Å². The van der Waals surface area contributed by atoms with Crippen molar-refractivity contribution in [2.75, 3.05) is 18.4 Å². The summed E-state index contributed by atoms with van der Waals surface area (Å²) in [5, 5.41) is 5.07. The van der Waals surface area contributed by atoms with Crippen LogP contribution in [0.5, 0.6) is 0 Å². The van der Waals surface area contributed by atoms with Gasteiger partial charge in [-0.3, -0.25) is 9.69 Å². The zero-order valence-corrected chi connectivity index (χ0v) is 15.8. The molecule has 0 amide bonds. The molecule has 0 unspecified atom stereocenters. The van der Waals surface area contributed by atoms with Gasteiger partial charge in [-0.15, -0.1) is 0 Å². The highest BCUT2D eigenvalue weighted by atomic mass is 19.2. The number of H-pyrrole nitrogens is 1. The van der Waals surface area contributed by atoms with Crippen molar-refractivity contribution >= 4 is 16.5 Å². The van der Waals surface area contributed by atoms with Gasteiger partial charge in [-0.2, -0.15) is 0 Å². The van der Waals surface area contributed by atoms with Gasteiger partial charge in [0.15, 0.2) is 11.6 Å². The van der Waals surface area contributed by atoms with E-state index in [9.17, 15) is 13.6 Å². The molecule has 1 aliphatic rings. The van der Waals surface area contributed by atoms with Crippen LogP contribution in [0.3, 0.4) is 0 Å². The number of benzene rings is 2. The second-order valence-corrected chi connectivity index (χ2v) is 7.50. The summed E-state index contributed by atoms with van der Waals surface area (Å²) in [4.78, 5) is 16.7. The highest BCUT2D eigenvalue weighted by molar-refractivity contribution is 5.84. The quantitative estimate of drug-likeness (QED) is 0.710. The second kappa shape index (κ2) is 7.72.